The highest BCUT2D eigenvalue weighted by Crippen LogP contribution is 2.43. The molecule has 2 aromatic heterocycles. The molecule has 1 aliphatic rings. The van der Waals surface area contributed by atoms with Crippen LogP contribution >= 0.6 is 11.3 Å². The Bertz CT molecular complexity index is 595. The maximum Gasteiger partial charge on any atom is 0.259 e. The lowest BCUT2D eigenvalue weighted by Gasteiger charge is -2.00. The molecule has 0 saturated heterocycles. The van der Waals surface area contributed by atoms with Crippen LogP contribution in [0.4, 0.5) is 0 Å². The van der Waals surface area contributed by atoms with Gasteiger partial charge in [-0.1, -0.05) is 13.3 Å². The molecule has 3 nitrogen and oxygen atoms in total. The van der Waals surface area contributed by atoms with Crippen molar-refractivity contribution < 1.29 is 0 Å². The second kappa shape index (κ2) is 4.26. The van der Waals surface area contributed by atoms with E-state index in [0.29, 0.717) is 5.92 Å². The average molecular weight is 248 g/mol. The largest absolute Gasteiger partial charge is 0.310 e. The van der Waals surface area contributed by atoms with Gasteiger partial charge < -0.3 is 4.98 Å². The van der Waals surface area contributed by atoms with Gasteiger partial charge in [-0.2, -0.15) is 0 Å². The summed E-state index contributed by atoms with van der Waals surface area (Å²) in [5.41, 5.74) is 1.28. The number of hydrogen-bond acceptors (Lipinski definition) is 3. The van der Waals surface area contributed by atoms with Gasteiger partial charge in [-0.15, -0.1) is 11.3 Å². The minimum Gasteiger partial charge on any atom is -0.310 e. The third-order valence-electron chi connectivity index (χ3n) is 3.31. The Kier molecular flexibility index (Phi) is 2.74. The molecule has 0 bridgehead atoms. The van der Waals surface area contributed by atoms with Gasteiger partial charge >= 0.3 is 0 Å². The molecule has 0 aromatic carbocycles. The first-order chi connectivity index (χ1) is 8.29. The second-order valence-corrected chi connectivity index (χ2v) is 5.62. The van der Waals surface area contributed by atoms with Crippen LogP contribution in [0.15, 0.2) is 10.2 Å². The van der Waals surface area contributed by atoms with E-state index < -0.39 is 0 Å². The molecule has 0 atom stereocenters. The van der Waals surface area contributed by atoms with Crippen LogP contribution in [-0.2, 0) is 6.42 Å². The number of aromatic nitrogens is 2. The standard InChI is InChI=1S/C13H16N2OS/c1-2-3-4-10-14-12(16)11-9(8-5-6-8)7-17-13(11)15-10/h7-8H,2-6H2,1H3,(H,14,15,16). The van der Waals surface area contributed by atoms with E-state index in [1.54, 1.807) is 11.3 Å². The molecule has 4 heteroatoms. The van der Waals surface area contributed by atoms with E-state index in [9.17, 15) is 4.79 Å². The van der Waals surface area contributed by atoms with Crippen molar-refractivity contribution in [2.45, 2.75) is 44.9 Å². The van der Waals surface area contributed by atoms with Gasteiger partial charge in [0.1, 0.15) is 10.7 Å². The third kappa shape index (κ3) is 2.02. The zero-order valence-electron chi connectivity index (χ0n) is 9.95. The van der Waals surface area contributed by atoms with Gasteiger partial charge in [0, 0.05) is 6.42 Å². The van der Waals surface area contributed by atoms with Crippen LogP contribution in [-0.4, -0.2) is 9.97 Å². The van der Waals surface area contributed by atoms with Crippen molar-refractivity contribution in [3.05, 3.63) is 27.1 Å². The van der Waals surface area contributed by atoms with Gasteiger partial charge in [0.25, 0.3) is 5.56 Å². The summed E-state index contributed by atoms with van der Waals surface area (Å²) < 4.78 is 0. The zero-order valence-corrected chi connectivity index (χ0v) is 10.8. The Morgan fingerprint density at radius 2 is 2.35 bits per heavy atom. The van der Waals surface area contributed by atoms with Crippen LogP contribution in [0.1, 0.15) is 49.9 Å². The fraction of sp³-hybridized carbons (Fsp3) is 0.538. The molecule has 0 spiro atoms. The first kappa shape index (κ1) is 11.0. The number of unbranched alkanes of at least 4 members (excludes halogenated alkanes) is 1. The molecule has 3 rings (SSSR count). The van der Waals surface area contributed by atoms with Crippen LogP contribution < -0.4 is 5.56 Å². The lowest BCUT2D eigenvalue weighted by Crippen LogP contribution is -2.11. The fourth-order valence-corrected chi connectivity index (χ4v) is 3.21. The summed E-state index contributed by atoms with van der Waals surface area (Å²) in [6.07, 6.45) is 5.53. The lowest BCUT2D eigenvalue weighted by atomic mass is 10.1. The Labute approximate surface area is 104 Å². The highest BCUT2D eigenvalue weighted by atomic mass is 32.1. The number of H-pyrrole nitrogens is 1. The minimum atomic E-state index is 0.0595. The van der Waals surface area contributed by atoms with E-state index in [-0.39, 0.29) is 5.56 Å². The van der Waals surface area contributed by atoms with Crippen molar-refractivity contribution in [2.75, 3.05) is 0 Å². The highest BCUT2D eigenvalue weighted by Gasteiger charge is 2.27. The second-order valence-electron chi connectivity index (χ2n) is 4.76. The number of nitrogens with one attached hydrogen (secondary N) is 1. The fourth-order valence-electron chi connectivity index (χ4n) is 2.17. The first-order valence-corrected chi connectivity index (χ1v) is 7.18. The molecular weight excluding hydrogens is 232 g/mol. The van der Waals surface area contributed by atoms with Crippen molar-refractivity contribution in [3.8, 4) is 0 Å². The molecule has 1 fully saturated rings. The molecule has 17 heavy (non-hydrogen) atoms. The van der Waals surface area contributed by atoms with Gasteiger partial charge in [-0.25, -0.2) is 4.98 Å². The zero-order chi connectivity index (χ0) is 11.8. The topological polar surface area (TPSA) is 45.8 Å². The predicted molar refractivity (Wildman–Crippen MR) is 70.8 cm³/mol. The van der Waals surface area contributed by atoms with Crippen LogP contribution in [0, 0.1) is 0 Å². The summed E-state index contributed by atoms with van der Waals surface area (Å²) in [7, 11) is 0. The molecule has 90 valence electrons. The van der Waals surface area contributed by atoms with Gasteiger partial charge in [-0.3, -0.25) is 4.79 Å². The molecule has 2 heterocycles. The van der Waals surface area contributed by atoms with Crippen molar-refractivity contribution in [1.82, 2.24) is 9.97 Å². The Morgan fingerprint density at radius 3 is 3.06 bits per heavy atom. The Balaban J connectivity index is 2.05. The number of thiophene rings is 1. The number of hydrogen-bond donors (Lipinski definition) is 1. The molecule has 1 N–H and O–H groups in total. The maximum absolute atomic E-state index is 12.1. The van der Waals surface area contributed by atoms with Gasteiger partial charge in [-0.05, 0) is 36.1 Å². The number of rotatable bonds is 4. The molecule has 0 radical (unpaired) electrons. The maximum atomic E-state index is 12.1. The van der Waals surface area contributed by atoms with E-state index in [2.05, 4.69) is 22.3 Å². The van der Waals surface area contributed by atoms with Crippen molar-refractivity contribution in [2.24, 2.45) is 0 Å². The minimum absolute atomic E-state index is 0.0595. The average Bonchev–Trinajstić information content (AvgIpc) is 3.07. The molecule has 2 aromatic rings. The van der Waals surface area contributed by atoms with Crippen LogP contribution in [0.2, 0.25) is 0 Å². The Morgan fingerprint density at radius 1 is 1.53 bits per heavy atom. The summed E-state index contributed by atoms with van der Waals surface area (Å²) in [6, 6.07) is 0. The lowest BCUT2D eigenvalue weighted by molar-refractivity contribution is 0.754. The van der Waals surface area contributed by atoms with E-state index in [0.717, 1.165) is 35.3 Å². The molecular formula is C13H16N2OS. The summed E-state index contributed by atoms with van der Waals surface area (Å²) >= 11 is 1.61. The number of nitrogens with zero attached hydrogens (tertiary/aromatic N) is 1. The molecule has 0 aliphatic heterocycles. The smallest absolute Gasteiger partial charge is 0.259 e. The van der Waals surface area contributed by atoms with E-state index in [1.807, 2.05) is 0 Å². The molecule has 1 saturated carbocycles. The van der Waals surface area contributed by atoms with Gasteiger partial charge in [0.05, 0.1) is 5.39 Å². The van der Waals surface area contributed by atoms with Gasteiger partial charge in [0.15, 0.2) is 0 Å². The summed E-state index contributed by atoms with van der Waals surface area (Å²) in [6.45, 7) is 2.15. The molecule has 0 amide bonds. The first-order valence-electron chi connectivity index (χ1n) is 6.30. The number of aryl methyl sites for hydroxylation is 1. The summed E-state index contributed by atoms with van der Waals surface area (Å²) in [5, 5.41) is 2.96. The quantitative estimate of drug-likeness (QED) is 0.903. The summed E-state index contributed by atoms with van der Waals surface area (Å²) in [5.74, 6) is 1.46. The molecule has 1 aliphatic carbocycles. The van der Waals surface area contributed by atoms with Crippen molar-refractivity contribution in [1.29, 1.82) is 0 Å². The Hall–Kier alpha value is -1.16. The van der Waals surface area contributed by atoms with E-state index >= 15 is 0 Å². The van der Waals surface area contributed by atoms with Crippen molar-refractivity contribution >= 4 is 21.6 Å². The van der Waals surface area contributed by atoms with Crippen molar-refractivity contribution in [3.63, 3.8) is 0 Å². The molecule has 0 unspecified atom stereocenters. The number of fused-ring (bicyclic) bond motifs is 1. The predicted octanol–water partition coefficient (Wildman–Crippen LogP) is 3.20. The van der Waals surface area contributed by atoms with Crippen LogP contribution in [0.25, 0.3) is 10.2 Å². The monoisotopic (exact) mass is 248 g/mol. The normalized spacial score (nSPS) is 15.6. The van der Waals surface area contributed by atoms with Gasteiger partial charge in [0.2, 0.25) is 0 Å². The third-order valence-corrected chi connectivity index (χ3v) is 4.20. The summed E-state index contributed by atoms with van der Waals surface area (Å²) in [4.78, 5) is 20.5. The number of aromatic amines is 1. The SMILES string of the molecule is CCCCc1nc2scc(C3CC3)c2c(=O)[nH]1. The van der Waals surface area contributed by atoms with Crippen LogP contribution in [0.5, 0.6) is 0 Å². The van der Waals surface area contributed by atoms with E-state index in [1.165, 1.54) is 18.4 Å². The highest BCUT2D eigenvalue weighted by molar-refractivity contribution is 7.16. The van der Waals surface area contributed by atoms with Crippen LogP contribution in [0.3, 0.4) is 0 Å². The van der Waals surface area contributed by atoms with E-state index in [4.69, 9.17) is 0 Å².